The third-order valence-electron chi connectivity index (χ3n) is 3.95. The third-order valence-corrected chi connectivity index (χ3v) is 4.79. The minimum absolute atomic E-state index is 0.194. The van der Waals surface area contributed by atoms with Crippen molar-refractivity contribution in [3.63, 3.8) is 0 Å². The molecule has 2 aromatic carbocycles. The fourth-order valence-electron chi connectivity index (χ4n) is 2.73. The van der Waals surface area contributed by atoms with Crippen molar-refractivity contribution in [2.45, 2.75) is 6.92 Å². The van der Waals surface area contributed by atoms with E-state index in [1.165, 1.54) is 11.3 Å². The molecule has 4 rings (SSSR count). The minimum atomic E-state index is -0.194. The van der Waals surface area contributed by atoms with Crippen molar-refractivity contribution in [2.24, 2.45) is 0 Å². The quantitative estimate of drug-likeness (QED) is 0.558. The molecule has 130 valence electrons. The monoisotopic (exact) mass is 363 g/mol. The molecule has 5 nitrogen and oxygen atoms in total. The van der Waals surface area contributed by atoms with Gasteiger partial charge >= 0.3 is 0 Å². The number of nitrogens with one attached hydrogen (secondary N) is 1. The molecule has 0 aliphatic heterocycles. The van der Waals surface area contributed by atoms with Crippen molar-refractivity contribution in [2.75, 3.05) is 11.9 Å². The van der Waals surface area contributed by atoms with Gasteiger partial charge in [0.15, 0.2) is 4.96 Å². The van der Waals surface area contributed by atoms with Crippen molar-refractivity contribution in [1.82, 2.24) is 9.38 Å². The van der Waals surface area contributed by atoms with Crippen LogP contribution in [-0.4, -0.2) is 21.9 Å². The van der Waals surface area contributed by atoms with Gasteiger partial charge < -0.3 is 10.1 Å². The standard InChI is InChI=1S/C20H17N3O2S/c1-2-25-18-11-7-6-10-15(18)21-19(24)17-13-26-20-22-16(12-23(17)20)14-8-4-3-5-9-14/h3-13H,2H2,1H3,(H,21,24). The fraction of sp³-hybridized carbons (Fsp3) is 0.100. The maximum Gasteiger partial charge on any atom is 0.273 e. The van der Waals surface area contributed by atoms with Gasteiger partial charge in [-0.25, -0.2) is 4.98 Å². The van der Waals surface area contributed by atoms with Crippen LogP contribution in [0.2, 0.25) is 0 Å². The predicted octanol–water partition coefficient (Wildman–Crippen LogP) is 4.71. The molecule has 4 aromatic rings. The van der Waals surface area contributed by atoms with E-state index in [-0.39, 0.29) is 5.91 Å². The molecule has 0 unspecified atom stereocenters. The third kappa shape index (κ3) is 3.07. The lowest BCUT2D eigenvalue weighted by Gasteiger charge is -2.10. The van der Waals surface area contributed by atoms with Crippen LogP contribution >= 0.6 is 11.3 Å². The van der Waals surface area contributed by atoms with Gasteiger partial charge in [0.05, 0.1) is 18.0 Å². The number of ether oxygens (including phenoxy) is 1. The summed E-state index contributed by atoms with van der Waals surface area (Å²) in [5.74, 6) is 0.464. The highest BCUT2D eigenvalue weighted by Crippen LogP contribution is 2.27. The normalized spacial score (nSPS) is 10.8. The first-order chi connectivity index (χ1) is 12.8. The molecule has 2 heterocycles. The molecule has 1 N–H and O–H groups in total. The van der Waals surface area contributed by atoms with E-state index in [0.717, 1.165) is 16.2 Å². The van der Waals surface area contributed by atoms with Crippen LogP contribution in [0.1, 0.15) is 17.4 Å². The first-order valence-electron chi connectivity index (χ1n) is 8.31. The molecule has 0 saturated carbocycles. The Balaban J connectivity index is 1.65. The molecule has 0 aliphatic rings. The highest BCUT2D eigenvalue weighted by Gasteiger charge is 2.16. The van der Waals surface area contributed by atoms with E-state index in [2.05, 4.69) is 10.3 Å². The number of amides is 1. The molecular weight excluding hydrogens is 346 g/mol. The number of aromatic nitrogens is 2. The Labute approximate surface area is 154 Å². The Kier molecular flexibility index (Phi) is 4.41. The summed E-state index contributed by atoms with van der Waals surface area (Å²) in [5.41, 5.74) is 3.07. The number of rotatable bonds is 5. The Morgan fingerprint density at radius 3 is 2.73 bits per heavy atom. The number of fused-ring (bicyclic) bond motifs is 1. The zero-order valence-electron chi connectivity index (χ0n) is 14.2. The molecule has 0 aliphatic carbocycles. The summed E-state index contributed by atoms with van der Waals surface area (Å²) in [7, 11) is 0. The number of thiazole rings is 1. The van der Waals surface area contributed by atoms with E-state index in [4.69, 9.17) is 4.74 Å². The molecule has 0 atom stereocenters. The molecule has 0 saturated heterocycles. The van der Waals surface area contributed by atoms with Crippen molar-refractivity contribution in [3.8, 4) is 17.0 Å². The second kappa shape index (κ2) is 7.01. The lowest BCUT2D eigenvalue weighted by molar-refractivity contribution is 0.102. The van der Waals surface area contributed by atoms with Gasteiger partial charge in [0.2, 0.25) is 0 Å². The van der Waals surface area contributed by atoms with Gasteiger partial charge in [-0.1, -0.05) is 42.5 Å². The number of carbonyl (C=O) groups excluding carboxylic acids is 1. The fourth-order valence-corrected chi connectivity index (χ4v) is 3.59. The molecule has 0 bridgehead atoms. The second-order valence-corrected chi connectivity index (χ2v) is 6.49. The Hall–Kier alpha value is -3.12. The molecule has 0 spiro atoms. The summed E-state index contributed by atoms with van der Waals surface area (Å²) >= 11 is 1.44. The average Bonchev–Trinajstić information content (AvgIpc) is 3.25. The maximum atomic E-state index is 12.8. The van der Waals surface area contributed by atoms with Gasteiger partial charge in [0.25, 0.3) is 5.91 Å². The van der Waals surface area contributed by atoms with E-state index >= 15 is 0 Å². The number of nitrogens with zero attached hydrogens (tertiary/aromatic N) is 2. The van der Waals surface area contributed by atoms with Crippen LogP contribution in [0.15, 0.2) is 66.2 Å². The first-order valence-corrected chi connectivity index (χ1v) is 9.19. The summed E-state index contributed by atoms with van der Waals surface area (Å²) in [4.78, 5) is 18.2. The maximum absolute atomic E-state index is 12.8. The lowest BCUT2D eigenvalue weighted by Crippen LogP contribution is -2.14. The summed E-state index contributed by atoms with van der Waals surface area (Å²) < 4.78 is 7.40. The molecule has 6 heteroatoms. The van der Waals surface area contributed by atoms with Crippen molar-refractivity contribution in [3.05, 3.63) is 71.9 Å². The molecule has 1 amide bonds. The van der Waals surface area contributed by atoms with Gasteiger partial charge in [-0.05, 0) is 19.1 Å². The van der Waals surface area contributed by atoms with Gasteiger partial charge in [-0.2, -0.15) is 0 Å². The minimum Gasteiger partial charge on any atom is -0.492 e. The zero-order valence-corrected chi connectivity index (χ0v) is 15.0. The Morgan fingerprint density at radius 1 is 1.15 bits per heavy atom. The number of benzene rings is 2. The van der Waals surface area contributed by atoms with E-state index in [0.29, 0.717) is 23.7 Å². The van der Waals surface area contributed by atoms with Crippen molar-refractivity contribution >= 4 is 27.9 Å². The SMILES string of the molecule is CCOc1ccccc1NC(=O)c1csc2nc(-c3ccccc3)cn12. The van der Waals surface area contributed by atoms with E-state index in [9.17, 15) is 4.79 Å². The van der Waals surface area contributed by atoms with Gasteiger partial charge in [0, 0.05) is 17.1 Å². The zero-order chi connectivity index (χ0) is 17.9. The number of carbonyl (C=O) groups is 1. The summed E-state index contributed by atoms with van der Waals surface area (Å²) in [5, 5.41) is 4.75. The lowest BCUT2D eigenvalue weighted by atomic mass is 10.2. The van der Waals surface area contributed by atoms with Gasteiger partial charge in [-0.3, -0.25) is 9.20 Å². The van der Waals surface area contributed by atoms with Crippen LogP contribution in [0, 0.1) is 0 Å². The number of hydrogen-bond acceptors (Lipinski definition) is 4. The summed E-state index contributed by atoms with van der Waals surface area (Å²) in [6.45, 7) is 2.45. The Bertz CT molecular complexity index is 1050. The summed E-state index contributed by atoms with van der Waals surface area (Å²) in [6, 6.07) is 17.3. The van der Waals surface area contributed by atoms with Crippen LogP contribution in [0.5, 0.6) is 5.75 Å². The largest absolute Gasteiger partial charge is 0.492 e. The van der Waals surface area contributed by atoms with Crippen molar-refractivity contribution in [1.29, 1.82) is 0 Å². The highest BCUT2D eigenvalue weighted by molar-refractivity contribution is 7.15. The Morgan fingerprint density at radius 2 is 1.92 bits per heavy atom. The van der Waals surface area contributed by atoms with E-state index in [1.807, 2.05) is 77.5 Å². The number of para-hydroxylation sites is 2. The number of anilines is 1. The molecule has 26 heavy (non-hydrogen) atoms. The smallest absolute Gasteiger partial charge is 0.273 e. The van der Waals surface area contributed by atoms with E-state index < -0.39 is 0 Å². The van der Waals surface area contributed by atoms with E-state index in [1.54, 1.807) is 0 Å². The number of hydrogen-bond donors (Lipinski definition) is 1. The molecular formula is C20H17N3O2S. The van der Waals surface area contributed by atoms with Crippen LogP contribution in [0.25, 0.3) is 16.2 Å². The second-order valence-electron chi connectivity index (χ2n) is 5.65. The van der Waals surface area contributed by atoms with Crippen LogP contribution in [-0.2, 0) is 0 Å². The van der Waals surface area contributed by atoms with Gasteiger partial charge in [0.1, 0.15) is 11.4 Å². The van der Waals surface area contributed by atoms with Crippen LogP contribution in [0.3, 0.4) is 0 Å². The average molecular weight is 363 g/mol. The highest BCUT2D eigenvalue weighted by atomic mass is 32.1. The van der Waals surface area contributed by atoms with Crippen LogP contribution < -0.4 is 10.1 Å². The molecule has 0 fully saturated rings. The van der Waals surface area contributed by atoms with Gasteiger partial charge in [-0.15, -0.1) is 11.3 Å². The molecule has 0 radical (unpaired) electrons. The topological polar surface area (TPSA) is 55.6 Å². The predicted molar refractivity (Wildman–Crippen MR) is 104 cm³/mol. The number of imidazole rings is 1. The molecule has 2 aromatic heterocycles. The first kappa shape index (κ1) is 16.4. The van der Waals surface area contributed by atoms with Crippen LogP contribution in [0.4, 0.5) is 5.69 Å². The van der Waals surface area contributed by atoms with Crippen molar-refractivity contribution < 1.29 is 9.53 Å². The summed E-state index contributed by atoms with van der Waals surface area (Å²) in [6.07, 6.45) is 1.89.